The lowest BCUT2D eigenvalue weighted by Gasteiger charge is -2.28. The van der Waals surface area contributed by atoms with Crippen LogP contribution in [-0.2, 0) is 6.18 Å². The number of allylic oxidation sites excluding steroid dienone is 1. The second-order valence-electron chi connectivity index (χ2n) is 6.39. The Balaban J connectivity index is 2.04. The third-order valence-corrected chi connectivity index (χ3v) is 5.21. The zero-order chi connectivity index (χ0) is 20.1. The SMILES string of the molecule is N#CC1=C(N)Oc2cc3ccc(Br)cc3cc2C1c1ccccc1C(F)(F)F. The molecule has 1 unspecified atom stereocenters. The fraction of sp³-hybridized carbons (Fsp3) is 0.0952. The van der Waals surface area contributed by atoms with Gasteiger partial charge in [0.1, 0.15) is 17.4 Å². The van der Waals surface area contributed by atoms with E-state index in [9.17, 15) is 18.4 Å². The maximum atomic E-state index is 13.6. The Hall–Kier alpha value is -2.98. The van der Waals surface area contributed by atoms with Gasteiger partial charge in [-0.25, -0.2) is 0 Å². The van der Waals surface area contributed by atoms with Gasteiger partial charge in [-0.05, 0) is 46.7 Å². The van der Waals surface area contributed by atoms with Gasteiger partial charge in [0.2, 0.25) is 5.88 Å². The molecule has 7 heteroatoms. The molecule has 1 heterocycles. The van der Waals surface area contributed by atoms with Crippen LogP contribution in [0.5, 0.6) is 5.75 Å². The predicted octanol–water partition coefficient (Wildman–Crippen LogP) is 5.84. The predicted molar refractivity (Wildman–Crippen MR) is 102 cm³/mol. The standard InChI is InChI=1S/C21H12BrF3N2O/c22-13-6-5-11-9-18-15(8-12(11)7-13)19(16(10-26)20(27)28-18)14-3-1-2-4-17(14)21(23,24)25/h1-9,19H,27H2. The molecule has 3 aromatic rings. The van der Waals surface area contributed by atoms with Crippen molar-refractivity contribution in [3.05, 3.63) is 87.2 Å². The van der Waals surface area contributed by atoms with Crippen LogP contribution in [0.1, 0.15) is 22.6 Å². The number of nitriles is 1. The van der Waals surface area contributed by atoms with Gasteiger partial charge in [-0.15, -0.1) is 0 Å². The molecule has 1 atom stereocenters. The molecule has 3 nitrogen and oxygen atoms in total. The third-order valence-electron chi connectivity index (χ3n) is 4.71. The molecule has 28 heavy (non-hydrogen) atoms. The van der Waals surface area contributed by atoms with Crippen LogP contribution in [0.2, 0.25) is 0 Å². The monoisotopic (exact) mass is 444 g/mol. The number of halogens is 4. The highest BCUT2D eigenvalue weighted by Crippen LogP contribution is 2.47. The third kappa shape index (κ3) is 3.00. The van der Waals surface area contributed by atoms with Crippen LogP contribution in [-0.4, -0.2) is 0 Å². The van der Waals surface area contributed by atoms with E-state index in [1.54, 1.807) is 12.1 Å². The second kappa shape index (κ2) is 6.57. The Bertz CT molecular complexity index is 1180. The molecule has 0 aliphatic carbocycles. The molecule has 0 aromatic heterocycles. The number of rotatable bonds is 1. The highest BCUT2D eigenvalue weighted by atomic mass is 79.9. The normalized spacial score (nSPS) is 16.5. The summed E-state index contributed by atoms with van der Waals surface area (Å²) < 4.78 is 47.4. The molecule has 0 spiro atoms. The van der Waals surface area contributed by atoms with Crippen molar-refractivity contribution in [1.82, 2.24) is 0 Å². The Labute approximate surface area is 167 Å². The molecule has 3 aromatic carbocycles. The number of nitrogens with zero attached hydrogens (tertiary/aromatic N) is 1. The van der Waals surface area contributed by atoms with Crippen molar-refractivity contribution in [1.29, 1.82) is 5.26 Å². The van der Waals surface area contributed by atoms with Gasteiger partial charge < -0.3 is 10.5 Å². The summed E-state index contributed by atoms with van der Waals surface area (Å²) in [7, 11) is 0. The smallest absolute Gasteiger partial charge is 0.416 e. The molecule has 0 saturated heterocycles. The highest BCUT2D eigenvalue weighted by molar-refractivity contribution is 9.10. The Morgan fingerprint density at radius 3 is 2.46 bits per heavy atom. The van der Waals surface area contributed by atoms with Crippen LogP contribution in [0, 0.1) is 11.3 Å². The van der Waals surface area contributed by atoms with Crippen molar-refractivity contribution in [2.45, 2.75) is 12.1 Å². The minimum atomic E-state index is -4.57. The summed E-state index contributed by atoms with van der Waals surface area (Å²) >= 11 is 3.40. The van der Waals surface area contributed by atoms with Gasteiger partial charge in [0.15, 0.2) is 0 Å². The highest BCUT2D eigenvalue weighted by Gasteiger charge is 2.39. The van der Waals surface area contributed by atoms with Crippen molar-refractivity contribution < 1.29 is 17.9 Å². The number of hydrogen-bond donors (Lipinski definition) is 1. The maximum absolute atomic E-state index is 13.6. The van der Waals surface area contributed by atoms with Crippen molar-refractivity contribution in [3.63, 3.8) is 0 Å². The number of ether oxygens (including phenoxy) is 1. The number of nitrogens with two attached hydrogens (primary N) is 1. The van der Waals surface area contributed by atoms with Crippen LogP contribution in [0.25, 0.3) is 10.8 Å². The molecule has 0 radical (unpaired) electrons. The fourth-order valence-electron chi connectivity index (χ4n) is 3.50. The Kier molecular flexibility index (Phi) is 4.31. The fourth-order valence-corrected chi connectivity index (χ4v) is 3.88. The summed E-state index contributed by atoms with van der Waals surface area (Å²) in [6.45, 7) is 0. The molecule has 1 aliphatic rings. The summed E-state index contributed by atoms with van der Waals surface area (Å²) in [6, 6.07) is 16.2. The Morgan fingerprint density at radius 2 is 1.75 bits per heavy atom. The first-order valence-electron chi connectivity index (χ1n) is 8.26. The first-order valence-corrected chi connectivity index (χ1v) is 9.06. The summed E-state index contributed by atoms with van der Waals surface area (Å²) in [5, 5.41) is 11.3. The number of alkyl halides is 3. The van der Waals surface area contributed by atoms with E-state index < -0.39 is 17.7 Å². The molecule has 0 saturated carbocycles. The quantitative estimate of drug-likeness (QED) is 0.512. The van der Waals surface area contributed by atoms with Gasteiger partial charge in [-0.3, -0.25) is 0 Å². The molecule has 4 rings (SSSR count). The van der Waals surface area contributed by atoms with Crippen LogP contribution < -0.4 is 10.5 Å². The zero-order valence-corrected chi connectivity index (χ0v) is 15.8. The van der Waals surface area contributed by atoms with Crippen LogP contribution in [0.4, 0.5) is 13.2 Å². The van der Waals surface area contributed by atoms with Crippen molar-refractivity contribution in [2.24, 2.45) is 5.73 Å². The number of hydrogen-bond acceptors (Lipinski definition) is 3. The van der Waals surface area contributed by atoms with E-state index in [1.165, 1.54) is 18.2 Å². The molecule has 1 aliphatic heterocycles. The van der Waals surface area contributed by atoms with Gasteiger partial charge >= 0.3 is 6.18 Å². The van der Waals surface area contributed by atoms with Crippen molar-refractivity contribution in [3.8, 4) is 11.8 Å². The summed E-state index contributed by atoms with van der Waals surface area (Å²) in [5.74, 6) is -0.823. The Morgan fingerprint density at radius 1 is 1.00 bits per heavy atom. The molecular formula is C21H12BrF3N2O. The van der Waals surface area contributed by atoms with Gasteiger partial charge in [0.25, 0.3) is 0 Å². The van der Waals surface area contributed by atoms with E-state index in [0.29, 0.717) is 11.3 Å². The van der Waals surface area contributed by atoms with E-state index in [4.69, 9.17) is 10.5 Å². The zero-order valence-electron chi connectivity index (χ0n) is 14.2. The molecule has 2 N–H and O–H groups in total. The van der Waals surface area contributed by atoms with Gasteiger partial charge in [-0.1, -0.05) is 40.2 Å². The van der Waals surface area contributed by atoms with E-state index in [0.717, 1.165) is 21.3 Å². The lowest BCUT2D eigenvalue weighted by Crippen LogP contribution is -2.23. The van der Waals surface area contributed by atoms with Crippen molar-refractivity contribution in [2.75, 3.05) is 0 Å². The van der Waals surface area contributed by atoms with Crippen molar-refractivity contribution >= 4 is 26.7 Å². The summed E-state index contributed by atoms with van der Waals surface area (Å²) in [5.41, 5.74) is 5.49. The minimum absolute atomic E-state index is 0.0339. The van der Waals surface area contributed by atoms with Gasteiger partial charge in [0.05, 0.1) is 11.5 Å². The van der Waals surface area contributed by atoms with E-state index >= 15 is 0 Å². The van der Waals surface area contributed by atoms with Gasteiger partial charge in [-0.2, -0.15) is 18.4 Å². The second-order valence-corrected chi connectivity index (χ2v) is 7.31. The molecule has 0 fully saturated rings. The maximum Gasteiger partial charge on any atom is 0.416 e. The first kappa shape index (κ1) is 18.4. The van der Waals surface area contributed by atoms with Crippen LogP contribution >= 0.6 is 15.9 Å². The number of fused-ring (bicyclic) bond motifs is 2. The molecular weight excluding hydrogens is 433 g/mol. The largest absolute Gasteiger partial charge is 0.440 e. The average Bonchev–Trinajstić information content (AvgIpc) is 2.65. The topological polar surface area (TPSA) is 59.0 Å². The van der Waals surface area contributed by atoms with E-state index in [1.807, 2.05) is 24.3 Å². The minimum Gasteiger partial charge on any atom is -0.440 e. The lowest BCUT2D eigenvalue weighted by molar-refractivity contribution is -0.138. The summed E-state index contributed by atoms with van der Waals surface area (Å²) in [4.78, 5) is 0. The van der Waals surface area contributed by atoms with Crippen LogP contribution in [0.15, 0.2) is 70.5 Å². The molecule has 0 bridgehead atoms. The lowest BCUT2D eigenvalue weighted by atomic mass is 9.80. The van der Waals surface area contributed by atoms with E-state index in [2.05, 4.69) is 15.9 Å². The van der Waals surface area contributed by atoms with E-state index in [-0.39, 0.29) is 17.0 Å². The van der Waals surface area contributed by atoms with Crippen LogP contribution in [0.3, 0.4) is 0 Å². The summed E-state index contributed by atoms with van der Waals surface area (Å²) in [6.07, 6.45) is -4.57. The first-order chi connectivity index (χ1) is 13.3. The molecule has 0 amide bonds. The average molecular weight is 445 g/mol. The molecule has 140 valence electrons. The number of benzene rings is 3. The van der Waals surface area contributed by atoms with Gasteiger partial charge in [0, 0.05) is 10.0 Å².